The largest absolute Gasteiger partial charge is 0.368 e. The lowest BCUT2D eigenvalue weighted by molar-refractivity contribution is -0.198. The summed E-state index contributed by atoms with van der Waals surface area (Å²) >= 11 is 6.29. The van der Waals surface area contributed by atoms with Crippen molar-refractivity contribution in [1.82, 2.24) is 15.4 Å². The number of hydrogen-bond donors (Lipinski definition) is 2. The van der Waals surface area contributed by atoms with Gasteiger partial charge in [-0.3, -0.25) is 9.59 Å². The van der Waals surface area contributed by atoms with E-state index in [9.17, 15) is 9.59 Å². The van der Waals surface area contributed by atoms with Crippen molar-refractivity contribution >= 4 is 35.3 Å². The second-order valence-electron chi connectivity index (χ2n) is 8.05. The molecule has 0 aromatic carbocycles. The van der Waals surface area contributed by atoms with Crippen LogP contribution in [0.25, 0.3) is 6.08 Å². The predicted molar refractivity (Wildman–Crippen MR) is 119 cm³/mol. The first-order chi connectivity index (χ1) is 15.0. The molecule has 1 atom stereocenters. The summed E-state index contributed by atoms with van der Waals surface area (Å²) in [5.74, 6) is 0.975. The molecule has 170 valence electrons. The zero-order valence-corrected chi connectivity index (χ0v) is 18.7. The van der Waals surface area contributed by atoms with Gasteiger partial charge in [0.25, 0.3) is 5.91 Å². The van der Waals surface area contributed by atoms with Crippen LogP contribution in [0.4, 0.5) is 5.82 Å². The first-order valence-corrected chi connectivity index (χ1v) is 11.3. The first-order valence-electron chi connectivity index (χ1n) is 10.9. The van der Waals surface area contributed by atoms with Crippen LogP contribution in [-0.2, 0) is 19.2 Å². The van der Waals surface area contributed by atoms with Gasteiger partial charge in [0.15, 0.2) is 6.29 Å². The lowest BCUT2D eigenvalue weighted by Gasteiger charge is -2.30. The second kappa shape index (κ2) is 12.0. The van der Waals surface area contributed by atoms with Crippen LogP contribution in [0.2, 0.25) is 5.02 Å². The molecule has 2 amide bonds. The van der Waals surface area contributed by atoms with Crippen LogP contribution in [-0.4, -0.2) is 54.2 Å². The molecule has 9 heteroatoms. The lowest BCUT2D eigenvalue weighted by Crippen LogP contribution is -2.38. The van der Waals surface area contributed by atoms with Crippen molar-refractivity contribution in [1.29, 1.82) is 0 Å². The Morgan fingerprint density at radius 2 is 2.13 bits per heavy atom. The molecule has 2 aliphatic rings. The predicted octanol–water partition coefficient (Wildman–Crippen LogP) is 3.38. The van der Waals surface area contributed by atoms with E-state index in [0.29, 0.717) is 41.9 Å². The van der Waals surface area contributed by atoms with E-state index in [2.05, 4.69) is 22.7 Å². The Kier molecular flexibility index (Phi) is 9.12. The number of nitrogens with zero attached hydrogens (tertiary/aromatic N) is 2. The topological polar surface area (TPSA) is 92.8 Å². The summed E-state index contributed by atoms with van der Waals surface area (Å²) in [6.07, 6.45) is 9.51. The van der Waals surface area contributed by atoms with Gasteiger partial charge in [0.1, 0.15) is 5.82 Å². The summed E-state index contributed by atoms with van der Waals surface area (Å²) in [5, 5.41) is 3.54. The molecule has 0 bridgehead atoms. The molecule has 1 unspecified atom stereocenters. The van der Waals surface area contributed by atoms with Gasteiger partial charge in [-0.1, -0.05) is 18.5 Å². The molecular weight excluding hydrogens is 420 g/mol. The zero-order chi connectivity index (χ0) is 22.1. The molecule has 8 nitrogen and oxygen atoms in total. The van der Waals surface area contributed by atoms with E-state index in [4.69, 9.17) is 21.2 Å². The molecule has 1 aromatic rings. The number of nitrogens with one attached hydrogen (secondary N) is 2. The van der Waals surface area contributed by atoms with Crippen LogP contribution in [0.3, 0.4) is 0 Å². The minimum atomic E-state index is -0.391. The monoisotopic (exact) mass is 450 g/mol. The number of amides is 2. The Balaban J connectivity index is 1.40. The number of likely N-dealkylation sites (tertiary alicyclic amines) is 1. The fourth-order valence-corrected chi connectivity index (χ4v) is 3.75. The van der Waals surface area contributed by atoms with Crippen molar-refractivity contribution in [2.45, 2.75) is 51.7 Å². The highest BCUT2D eigenvalue weighted by Crippen LogP contribution is 2.21. The summed E-state index contributed by atoms with van der Waals surface area (Å²) in [6.45, 7) is 5.02. The summed E-state index contributed by atoms with van der Waals surface area (Å²) < 4.78 is 5.39. The van der Waals surface area contributed by atoms with Gasteiger partial charge in [0.2, 0.25) is 5.91 Å². The number of hydroxylamine groups is 1. The second-order valence-corrected chi connectivity index (χ2v) is 8.46. The summed E-state index contributed by atoms with van der Waals surface area (Å²) in [7, 11) is 0. The molecule has 31 heavy (non-hydrogen) atoms. The highest BCUT2D eigenvalue weighted by molar-refractivity contribution is 6.33. The van der Waals surface area contributed by atoms with E-state index in [0.717, 1.165) is 45.2 Å². The van der Waals surface area contributed by atoms with E-state index in [1.807, 2.05) is 4.90 Å². The molecule has 3 heterocycles. The van der Waals surface area contributed by atoms with Crippen LogP contribution in [0.1, 0.15) is 51.0 Å². The van der Waals surface area contributed by atoms with Crippen molar-refractivity contribution in [2.75, 3.05) is 31.6 Å². The van der Waals surface area contributed by atoms with Gasteiger partial charge in [0, 0.05) is 51.4 Å². The molecule has 0 aliphatic carbocycles. The third kappa shape index (κ3) is 7.79. The molecule has 2 aliphatic heterocycles. The molecule has 2 fully saturated rings. The SMILES string of the molecule is CC1CCN(C(=O)CCNc2ncc(C=CC(=O)NOC3CCCCO3)cc2Cl)CC1. The smallest absolute Gasteiger partial charge is 0.267 e. The number of carbonyl (C=O) groups excluding carboxylic acids is 2. The standard InChI is InChI=1S/C22H31ClN4O4/c1-16-8-11-27(12-9-16)20(29)7-10-24-22-18(23)14-17(15-25-22)5-6-19(28)26-31-21-4-2-3-13-30-21/h5-6,14-16,21H,2-4,7-13H2,1H3,(H,24,25)(H,26,28). The van der Waals surface area contributed by atoms with Crippen molar-refractivity contribution in [2.24, 2.45) is 5.92 Å². The molecule has 2 N–H and O–H groups in total. The van der Waals surface area contributed by atoms with Crippen molar-refractivity contribution in [3.8, 4) is 0 Å². The number of rotatable bonds is 8. The minimum Gasteiger partial charge on any atom is -0.368 e. The van der Waals surface area contributed by atoms with Crippen molar-refractivity contribution in [3.63, 3.8) is 0 Å². The number of aromatic nitrogens is 1. The number of ether oxygens (including phenoxy) is 1. The van der Waals surface area contributed by atoms with Gasteiger partial charge in [0.05, 0.1) is 5.02 Å². The highest BCUT2D eigenvalue weighted by atomic mass is 35.5. The fraction of sp³-hybridized carbons (Fsp3) is 0.591. The quantitative estimate of drug-likeness (QED) is 0.466. The first kappa shape index (κ1) is 23.5. The van der Waals surface area contributed by atoms with Crippen molar-refractivity contribution in [3.05, 3.63) is 28.9 Å². The highest BCUT2D eigenvalue weighted by Gasteiger charge is 2.20. The average molecular weight is 451 g/mol. The zero-order valence-electron chi connectivity index (χ0n) is 17.9. The maximum absolute atomic E-state index is 12.3. The Morgan fingerprint density at radius 1 is 1.32 bits per heavy atom. The Labute approximate surface area is 188 Å². The van der Waals surface area contributed by atoms with E-state index in [1.165, 1.54) is 6.08 Å². The summed E-state index contributed by atoms with van der Waals surface area (Å²) in [4.78, 5) is 35.6. The Bertz CT molecular complexity index is 775. The van der Waals surface area contributed by atoms with Crippen LogP contribution in [0, 0.1) is 5.92 Å². The number of piperidine rings is 1. The molecular formula is C22H31ClN4O4. The van der Waals surface area contributed by atoms with E-state index < -0.39 is 12.2 Å². The van der Waals surface area contributed by atoms with E-state index >= 15 is 0 Å². The number of halogens is 1. The van der Waals surface area contributed by atoms with Crippen LogP contribution in [0.15, 0.2) is 18.3 Å². The summed E-state index contributed by atoms with van der Waals surface area (Å²) in [5.41, 5.74) is 3.04. The van der Waals surface area contributed by atoms with E-state index in [1.54, 1.807) is 18.3 Å². The average Bonchev–Trinajstić information content (AvgIpc) is 2.78. The van der Waals surface area contributed by atoms with Crippen LogP contribution in [0.5, 0.6) is 0 Å². The number of anilines is 1. The number of pyridine rings is 1. The maximum atomic E-state index is 12.3. The van der Waals surface area contributed by atoms with Gasteiger partial charge in [-0.15, -0.1) is 0 Å². The molecule has 0 saturated carbocycles. The molecule has 2 saturated heterocycles. The molecule has 1 aromatic heterocycles. The third-order valence-electron chi connectivity index (χ3n) is 5.49. The van der Waals surface area contributed by atoms with Gasteiger partial charge >= 0.3 is 0 Å². The normalized spacial score (nSPS) is 20.1. The lowest BCUT2D eigenvalue weighted by atomic mass is 9.99. The Morgan fingerprint density at radius 3 is 2.84 bits per heavy atom. The fourth-order valence-electron chi connectivity index (χ4n) is 3.51. The molecule has 0 spiro atoms. The van der Waals surface area contributed by atoms with Gasteiger partial charge in [-0.25, -0.2) is 15.3 Å². The van der Waals surface area contributed by atoms with Crippen LogP contribution < -0.4 is 10.8 Å². The van der Waals surface area contributed by atoms with Crippen LogP contribution >= 0.6 is 11.6 Å². The van der Waals surface area contributed by atoms with Gasteiger partial charge < -0.3 is 15.0 Å². The number of carbonyl (C=O) groups is 2. The van der Waals surface area contributed by atoms with E-state index in [-0.39, 0.29) is 5.91 Å². The summed E-state index contributed by atoms with van der Waals surface area (Å²) in [6, 6.07) is 1.71. The Hall–Kier alpha value is -2.16. The molecule has 3 rings (SSSR count). The maximum Gasteiger partial charge on any atom is 0.267 e. The van der Waals surface area contributed by atoms with Gasteiger partial charge in [-0.2, -0.15) is 0 Å². The van der Waals surface area contributed by atoms with Gasteiger partial charge in [-0.05, 0) is 49.3 Å². The minimum absolute atomic E-state index is 0.155. The molecule has 0 radical (unpaired) electrons. The number of hydrogen-bond acceptors (Lipinski definition) is 6. The van der Waals surface area contributed by atoms with Crippen molar-refractivity contribution < 1.29 is 19.2 Å². The third-order valence-corrected chi connectivity index (χ3v) is 5.77.